The van der Waals surface area contributed by atoms with Gasteiger partial charge in [0.05, 0.1) is 81.8 Å². The number of hydrogen-bond acceptors (Lipinski definition) is 17. The molecule has 3 rings (SSSR count). The third-order valence-electron chi connectivity index (χ3n) is 5.78. The summed E-state index contributed by atoms with van der Waals surface area (Å²) in [5, 5.41) is 14.1. The molecular formula is C37H60BrCl4N6O15P. The number of carbonyl (C=O) groups is 7. The summed E-state index contributed by atoms with van der Waals surface area (Å²) >= 11 is 19.3. The number of amides is 4. The Labute approximate surface area is 403 Å². The number of aromatic nitrogens is 2. The van der Waals surface area contributed by atoms with E-state index in [1.165, 1.54) is 38.2 Å². The van der Waals surface area contributed by atoms with E-state index < -0.39 is 23.1 Å². The van der Waals surface area contributed by atoms with Crippen molar-refractivity contribution in [2.24, 2.45) is 0 Å². The summed E-state index contributed by atoms with van der Waals surface area (Å²) in [5.41, 5.74) is 1.73. The third kappa shape index (κ3) is 44.4. The summed E-state index contributed by atoms with van der Waals surface area (Å²) in [5.74, 6) is -1.61. The van der Waals surface area contributed by atoms with Crippen LogP contribution in [0.1, 0.15) is 85.0 Å². The van der Waals surface area contributed by atoms with Crippen molar-refractivity contribution in [2.75, 3.05) is 59.8 Å². The topological polar surface area (TPSA) is 286 Å². The van der Waals surface area contributed by atoms with E-state index in [0.717, 1.165) is 6.42 Å². The Hall–Kier alpha value is -4.18. The second-order valence-corrected chi connectivity index (χ2v) is 17.6. The van der Waals surface area contributed by atoms with Gasteiger partial charge in [0.25, 0.3) is 0 Å². The lowest BCUT2D eigenvalue weighted by Crippen LogP contribution is -2.40. The Morgan fingerprint density at radius 1 is 0.719 bits per heavy atom. The fraction of sp³-hybridized carbons (Fsp3) is 0.541. The van der Waals surface area contributed by atoms with Crippen molar-refractivity contribution in [1.29, 1.82) is 0 Å². The summed E-state index contributed by atoms with van der Waals surface area (Å²) < 4.78 is 37.8. The third-order valence-corrected chi connectivity index (χ3v) is 5.97. The van der Waals surface area contributed by atoms with Crippen LogP contribution >= 0.6 is 67.5 Å². The minimum Gasteiger partial charge on any atom is -0.504 e. The predicted octanol–water partition coefficient (Wildman–Crippen LogP) is 7.03. The summed E-state index contributed by atoms with van der Waals surface area (Å²) in [6, 6.07) is -0.605. The van der Waals surface area contributed by atoms with Gasteiger partial charge in [0.15, 0.2) is 0 Å². The van der Waals surface area contributed by atoms with Crippen LogP contribution in [-0.2, 0) is 52.2 Å². The molecule has 2 aliphatic rings. The molecule has 1 aromatic rings. The van der Waals surface area contributed by atoms with Gasteiger partial charge in [0, 0.05) is 37.8 Å². The molecule has 3 heterocycles. The van der Waals surface area contributed by atoms with Gasteiger partial charge in [-0.05, 0) is 99.7 Å². The van der Waals surface area contributed by atoms with Crippen molar-refractivity contribution in [1.82, 2.24) is 31.2 Å². The number of methoxy groups -OCH3 is 1. The van der Waals surface area contributed by atoms with Crippen molar-refractivity contribution >= 4 is 109 Å². The van der Waals surface area contributed by atoms with Crippen LogP contribution in [-0.4, -0.2) is 117 Å². The Balaban J connectivity index is -0.000000218. The number of urea groups is 2. The Morgan fingerprint density at radius 3 is 1.39 bits per heavy atom. The molecule has 1 aromatic heterocycles. The first kappa shape index (κ1) is 68.9. The van der Waals surface area contributed by atoms with Crippen LogP contribution in [0.25, 0.3) is 0 Å². The molecule has 0 bridgehead atoms. The zero-order valence-corrected chi connectivity index (χ0v) is 42.7. The molecule has 0 aromatic carbocycles. The summed E-state index contributed by atoms with van der Waals surface area (Å²) in [7, 11) is 1.51. The van der Waals surface area contributed by atoms with Crippen molar-refractivity contribution in [3.63, 3.8) is 0 Å². The van der Waals surface area contributed by atoms with E-state index in [0.29, 0.717) is 68.2 Å². The number of halogens is 5. The van der Waals surface area contributed by atoms with Crippen LogP contribution in [0, 0.1) is 0 Å². The molecule has 0 saturated carbocycles. The smallest absolute Gasteiger partial charge is 0.341 e. The lowest BCUT2D eigenvalue weighted by Gasteiger charge is -2.13. The first-order valence-electron chi connectivity index (χ1n) is 19.0. The van der Waals surface area contributed by atoms with Gasteiger partial charge in [-0.15, -0.1) is 17.0 Å². The maximum Gasteiger partial charge on any atom is 0.341 e. The van der Waals surface area contributed by atoms with Gasteiger partial charge in [-0.2, -0.15) is 0 Å². The number of nitrogens with one attached hydrogen (secondary N) is 4. The highest BCUT2D eigenvalue weighted by molar-refractivity contribution is 8.93. The number of esters is 5. The number of hydrogen-bond donors (Lipinski definition) is 5. The average molecular weight is 1080 g/mol. The van der Waals surface area contributed by atoms with E-state index >= 15 is 0 Å². The molecule has 0 fully saturated rings. The fourth-order valence-electron chi connectivity index (χ4n) is 3.28. The van der Waals surface area contributed by atoms with Gasteiger partial charge >= 0.3 is 47.1 Å². The van der Waals surface area contributed by atoms with E-state index in [2.05, 4.69) is 69.7 Å². The van der Waals surface area contributed by atoms with E-state index in [4.69, 9.17) is 40.4 Å². The van der Waals surface area contributed by atoms with Crippen molar-refractivity contribution in [3.05, 3.63) is 58.6 Å². The molecule has 4 amide bonds. The molecule has 2 aliphatic heterocycles. The molecule has 5 N–H and O–H groups in total. The summed E-state index contributed by atoms with van der Waals surface area (Å²) in [6.45, 7) is 16.9. The van der Waals surface area contributed by atoms with Gasteiger partial charge in [-0.25, -0.2) is 38.7 Å². The fourth-order valence-corrected chi connectivity index (χ4v) is 3.38. The van der Waals surface area contributed by atoms with E-state index in [1.54, 1.807) is 34.6 Å². The first-order chi connectivity index (χ1) is 29.7. The molecule has 64 heavy (non-hydrogen) atoms. The van der Waals surface area contributed by atoms with Gasteiger partial charge in [0.1, 0.15) is 0 Å². The number of carbonyl (C=O) groups excluding carboxylic acids is 7. The molecule has 0 saturated heterocycles. The van der Waals surface area contributed by atoms with Gasteiger partial charge in [0.2, 0.25) is 5.28 Å². The quantitative estimate of drug-likeness (QED) is 0.0331. The number of ether oxygens (including phenoxy) is 6. The zero-order chi connectivity index (χ0) is 49.2. The Kier molecular flexibility index (Phi) is 48.8. The number of nitrogens with zero attached hydrogens (tertiary/aromatic N) is 2. The highest BCUT2D eigenvalue weighted by Gasteiger charge is 2.16. The highest BCUT2D eigenvalue weighted by Crippen LogP contribution is 2.61. The molecule has 0 atom stereocenters. The predicted molar refractivity (Wildman–Crippen MR) is 247 cm³/mol. The van der Waals surface area contributed by atoms with Crippen LogP contribution in [0.5, 0.6) is 0 Å². The van der Waals surface area contributed by atoms with Gasteiger partial charge in [-0.1, -0.05) is 13.8 Å². The number of aliphatic hydroxyl groups is 1. The average Bonchev–Trinajstić information content (AvgIpc) is 3.22. The van der Waals surface area contributed by atoms with Crippen molar-refractivity contribution < 1.29 is 71.7 Å². The zero-order valence-electron chi connectivity index (χ0n) is 37.1. The molecule has 0 aliphatic carbocycles. The number of aliphatic hydroxyl groups excluding tert-OH is 1. The lowest BCUT2D eigenvalue weighted by molar-refractivity contribution is -0.143. The SMILES string of the molecule is Br.CCCC(=O)OCC.CCO.CCOC(=O)/C(=C\OC)CC.CCOC(=O)C1=CNC(=O)NC1.CCOC(=O)C1=CNC(=O)NC1.CCOC(=O)c1cnc(Cl)nc1.O=P(Cl)(Cl)Cl. The normalized spacial score (nSPS) is 11.9. The summed E-state index contributed by atoms with van der Waals surface area (Å²) in [6.07, 6.45) is 8.84. The van der Waals surface area contributed by atoms with Crippen LogP contribution < -0.4 is 21.3 Å². The maximum absolute atomic E-state index is 11.0. The van der Waals surface area contributed by atoms with E-state index in [9.17, 15) is 38.1 Å². The second kappa shape index (κ2) is 45.4. The standard InChI is InChI=1S/C8H14O3.C7H7ClN2O2.2C7H10N2O3.C6H12O2.C2H6O.BrH.Cl3OP/c1-4-7(6-10-3)8(9)11-5-2;1-2-12-6(11)5-3-9-7(8)10-4-5;2*1-2-12-6(10)5-3-8-7(11)9-4-5;1-3-5-6(7)8-4-2;1-2-3;;1-5(2,3)4/h6H,4-5H2,1-3H3;3-4H,2H2,1H3;2*3H,2,4H2,1H3,(H2,8,9,11);3-5H2,1-2H3;3H,2H2,1H3;1H;/b7-6-;;;;;;;. The lowest BCUT2D eigenvalue weighted by atomic mass is 10.2. The van der Waals surface area contributed by atoms with Crippen LogP contribution in [0.15, 0.2) is 47.8 Å². The molecule has 27 heteroatoms. The van der Waals surface area contributed by atoms with Crippen LogP contribution in [0.2, 0.25) is 5.28 Å². The molecule has 368 valence electrons. The summed E-state index contributed by atoms with van der Waals surface area (Å²) in [4.78, 5) is 82.9. The highest BCUT2D eigenvalue weighted by atomic mass is 79.9. The minimum absolute atomic E-state index is 0. The van der Waals surface area contributed by atoms with Crippen LogP contribution in [0.4, 0.5) is 9.59 Å². The molecule has 0 unspecified atom stereocenters. The van der Waals surface area contributed by atoms with E-state index in [1.807, 2.05) is 20.8 Å². The molecule has 0 radical (unpaired) electrons. The minimum atomic E-state index is -3.22. The first-order valence-corrected chi connectivity index (χ1v) is 23.8. The largest absolute Gasteiger partial charge is 0.504 e. The van der Waals surface area contributed by atoms with Gasteiger partial charge < -0.3 is 54.8 Å². The number of rotatable bonds is 13. The molecular weight excluding hydrogens is 1020 g/mol. The second-order valence-electron chi connectivity index (χ2n) is 10.6. The van der Waals surface area contributed by atoms with Gasteiger partial charge in [-0.3, -0.25) is 9.36 Å². The monoisotopic (exact) mass is 1080 g/mol. The van der Waals surface area contributed by atoms with E-state index in [-0.39, 0.29) is 66.0 Å². The Bertz CT molecular complexity index is 1590. The molecule has 0 spiro atoms. The van der Waals surface area contributed by atoms with Crippen molar-refractivity contribution in [3.8, 4) is 0 Å². The van der Waals surface area contributed by atoms with Crippen LogP contribution in [0.3, 0.4) is 0 Å². The molecule has 21 nitrogen and oxygen atoms in total. The van der Waals surface area contributed by atoms with Crippen molar-refractivity contribution in [2.45, 2.75) is 74.7 Å². The Morgan fingerprint density at radius 2 is 1.09 bits per heavy atom. The maximum atomic E-state index is 11.0.